The molecule has 0 spiro atoms. The Hall–Kier alpha value is -0.610. The Balaban J connectivity index is 1.85. The van der Waals surface area contributed by atoms with Gasteiger partial charge >= 0.3 is 0 Å². The van der Waals surface area contributed by atoms with Crippen molar-refractivity contribution in [2.45, 2.75) is 70.9 Å². The molecule has 4 nitrogen and oxygen atoms in total. The van der Waals surface area contributed by atoms with E-state index in [1.807, 2.05) is 4.90 Å². The van der Waals surface area contributed by atoms with E-state index in [1.54, 1.807) is 0 Å². The second kappa shape index (κ2) is 8.74. The van der Waals surface area contributed by atoms with Gasteiger partial charge in [0.05, 0.1) is 6.54 Å². The van der Waals surface area contributed by atoms with E-state index in [0.29, 0.717) is 24.5 Å². The van der Waals surface area contributed by atoms with Gasteiger partial charge in [0.1, 0.15) is 0 Å². The number of amides is 1. The first-order valence-corrected chi connectivity index (χ1v) is 9.00. The number of hydrogen-bond donors (Lipinski definition) is 2. The van der Waals surface area contributed by atoms with E-state index in [2.05, 4.69) is 24.5 Å². The molecular formula is C17H33N3O. The molecule has 2 fully saturated rings. The summed E-state index contributed by atoms with van der Waals surface area (Å²) in [7, 11) is 0. The van der Waals surface area contributed by atoms with Gasteiger partial charge in [-0.1, -0.05) is 19.3 Å². The van der Waals surface area contributed by atoms with Crippen molar-refractivity contribution in [2.75, 3.05) is 26.2 Å². The van der Waals surface area contributed by atoms with Crippen LogP contribution in [0.4, 0.5) is 0 Å². The van der Waals surface area contributed by atoms with Crippen LogP contribution in [0.2, 0.25) is 0 Å². The highest BCUT2D eigenvalue weighted by Crippen LogP contribution is 2.30. The molecule has 122 valence electrons. The fourth-order valence-corrected chi connectivity index (χ4v) is 4.05. The van der Waals surface area contributed by atoms with Crippen LogP contribution in [0.15, 0.2) is 0 Å². The van der Waals surface area contributed by atoms with Gasteiger partial charge in [-0.3, -0.25) is 4.79 Å². The van der Waals surface area contributed by atoms with Crippen LogP contribution in [0.25, 0.3) is 0 Å². The topological polar surface area (TPSA) is 44.4 Å². The Kier molecular flexibility index (Phi) is 6.97. The van der Waals surface area contributed by atoms with E-state index in [0.717, 1.165) is 13.1 Å². The van der Waals surface area contributed by atoms with Gasteiger partial charge in [0, 0.05) is 25.2 Å². The van der Waals surface area contributed by atoms with E-state index >= 15 is 0 Å². The maximum atomic E-state index is 12.2. The van der Waals surface area contributed by atoms with E-state index in [-0.39, 0.29) is 5.91 Å². The molecule has 1 aliphatic heterocycles. The van der Waals surface area contributed by atoms with Crippen molar-refractivity contribution >= 4 is 5.91 Å². The van der Waals surface area contributed by atoms with Crippen molar-refractivity contribution in [1.29, 1.82) is 0 Å². The Morgan fingerprint density at radius 3 is 2.48 bits per heavy atom. The lowest BCUT2D eigenvalue weighted by Gasteiger charge is -2.40. The van der Waals surface area contributed by atoms with Crippen molar-refractivity contribution in [3.8, 4) is 0 Å². The lowest BCUT2D eigenvalue weighted by atomic mass is 9.77. The van der Waals surface area contributed by atoms with E-state index in [4.69, 9.17) is 0 Å². The van der Waals surface area contributed by atoms with Crippen LogP contribution >= 0.6 is 0 Å². The van der Waals surface area contributed by atoms with Gasteiger partial charge in [-0.05, 0) is 52.0 Å². The van der Waals surface area contributed by atoms with Crippen molar-refractivity contribution in [3.63, 3.8) is 0 Å². The summed E-state index contributed by atoms with van der Waals surface area (Å²) in [6.45, 7) is 7.42. The highest BCUT2D eigenvalue weighted by atomic mass is 16.2. The van der Waals surface area contributed by atoms with Gasteiger partial charge < -0.3 is 15.5 Å². The van der Waals surface area contributed by atoms with Crippen LogP contribution in [0.3, 0.4) is 0 Å². The van der Waals surface area contributed by atoms with Crippen LogP contribution in [-0.2, 0) is 4.79 Å². The van der Waals surface area contributed by atoms with Gasteiger partial charge in [-0.25, -0.2) is 0 Å². The molecule has 1 aliphatic carbocycles. The van der Waals surface area contributed by atoms with Crippen LogP contribution in [0.5, 0.6) is 0 Å². The Bertz CT molecular complexity index is 311. The molecule has 1 saturated heterocycles. The van der Waals surface area contributed by atoms with E-state index < -0.39 is 0 Å². The Morgan fingerprint density at radius 2 is 1.81 bits per heavy atom. The third-order valence-electron chi connectivity index (χ3n) is 5.32. The minimum absolute atomic E-state index is 0.251. The van der Waals surface area contributed by atoms with Gasteiger partial charge in [-0.15, -0.1) is 0 Å². The standard InChI is InChI=1S/C17H33N3O/c1-3-20(4-2)17(21)13-19-16-10-6-5-9-14(16)15-11-7-8-12-18-15/h14-16,18-19H,3-13H2,1-2H3. The smallest absolute Gasteiger partial charge is 0.236 e. The average molecular weight is 295 g/mol. The normalized spacial score (nSPS) is 30.1. The lowest BCUT2D eigenvalue weighted by Crippen LogP contribution is -2.52. The SMILES string of the molecule is CCN(CC)C(=O)CNC1CCCCC1C1CCCCN1. The number of carbonyl (C=O) groups is 1. The summed E-state index contributed by atoms with van der Waals surface area (Å²) in [4.78, 5) is 14.1. The second-order valence-corrected chi connectivity index (χ2v) is 6.56. The summed E-state index contributed by atoms with van der Waals surface area (Å²) in [6, 6.07) is 1.19. The fraction of sp³-hybridized carbons (Fsp3) is 0.941. The molecule has 2 N–H and O–H groups in total. The largest absolute Gasteiger partial charge is 0.342 e. The molecule has 1 saturated carbocycles. The third-order valence-corrected chi connectivity index (χ3v) is 5.32. The number of nitrogens with zero attached hydrogens (tertiary/aromatic N) is 1. The van der Waals surface area contributed by atoms with Crippen molar-refractivity contribution in [2.24, 2.45) is 5.92 Å². The molecule has 4 heteroatoms. The molecule has 0 aromatic heterocycles. The summed E-state index contributed by atoms with van der Waals surface area (Å²) in [6.07, 6.45) is 9.20. The number of hydrogen-bond acceptors (Lipinski definition) is 3. The summed E-state index contributed by atoms with van der Waals surface area (Å²) in [5.74, 6) is 0.962. The average Bonchev–Trinajstić information content (AvgIpc) is 2.55. The zero-order chi connectivity index (χ0) is 15.1. The second-order valence-electron chi connectivity index (χ2n) is 6.56. The highest BCUT2D eigenvalue weighted by Gasteiger charge is 2.32. The third kappa shape index (κ3) is 4.68. The van der Waals surface area contributed by atoms with Gasteiger partial charge in [0.15, 0.2) is 0 Å². The van der Waals surface area contributed by atoms with Crippen LogP contribution in [0, 0.1) is 5.92 Å². The van der Waals surface area contributed by atoms with Crippen LogP contribution < -0.4 is 10.6 Å². The number of rotatable bonds is 6. The molecule has 21 heavy (non-hydrogen) atoms. The molecule has 0 aromatic rings. The summed E-state index contributed by atoms with van der Waals surface area (Å²) >= 11 is 0. The number of nitrogens with one attached hydrogen (secondary N) is 2. The van der Waals surface area contributed by atoms with Crippen molar-refractivity contribution in [1.82, 2.24) is 15.5 Å². The first-order chi connectivity index (χ1) is 10.3. The molecule has 2 rings (SSSR count). The molecule has 3 unspecified atom stereocenters. The highest BCUT2D eigenvalue weighted by molar-refractivity contribution is 5.78. The van der Waals surface area contributed by atoms with Crippen molar-refractivity contribution in [3.05, 3.63) is 0 Å². The van der Waals surface area contributed by atoms with Crippen LogP contribution in [-0.4, -0.2) is 49.1 Å². The molecule has 2 aliphatic rings. The zero-order valence-corrected chi connectivity index (χ0v) is 13.9. The Morgan fingerprint density at radius 1 is 1.10 bits per heavy atom. The number of likely N-dealkylation sites (N-methyl/N-ethyl adjacent to an activating group) is 1. The minimum Gasteiger partial charge on any atom is -0.342 e. The summed E-state index contributed by atoms with van der Waals surface area (Å²) < 4.78 is 0. The fourth-order valence-electron chi connectivity index (χ4n) is 4.05. The first kappa shape index (κ1) is 16.8. The minimum atomic E-state index is 0.251. The maximum absolute atomic E-state index is 12.2. The molecular weight excluding hydrogens is 262 g/mol. The van der Waals surface area contributed by atoms with Crippen molar-refractivity contribution < 1.29 is 4.79 Å². The van der Waals surface area contributed by atoms with E-state index in [1.165, 1.54) is 51.5 Å². The molecule has 1 heterocycles. The molecule has 0 radical (unpaired) electrons. The quantitative estimate of drug-likeness (QED) is 0.789. The predicted octanol–water partition coefficient (Wildman–Crippen LogP) is 2.15. The van der Waals surface area contributed by atoms with Gasteiger partial charge in [0.25, 0.3) is 0 Å². The summed E-state index contributed by atoms with van der Waals surface area (Å²) in [5.41, 5.74) is 0. The Labute approximate surface area is 130 Å². The predicted molar refractivity (Wildman–Crippen MR) is 87.3 cm³/mol. The van der Waals surface area contributed by atoms with Crippen LogP contribution in [0.1, 0.15) is 58.8 Å². The molecule has 0 aromatic carbocycles. The number of carbonyl (C=O) groups excluding carboxylic acids is 1. The zero-order valence-electron chi connectivity index (χ0n) is 13.9. The number of piperidine rings is 1. The first-order valence-electron chi connectivity index (χ1n) is 9.00. The van der Waals surface area contributed by atoms with E-state index in [9.17, 15) is 4.79 Å². The monoisotopic (exact) mass is 295 g/mol. The molecule has 3 atom stereocenters. The molecule has 1 amide bonds. The lowest BCUT2D eigenvalue weighted by molar-refractivity contribution is -0.130. The molecule has 0 bridgehead atoms. The van der Waals surface area contributed by atoms with Gasteiger partial charge in [0.2, 0.25) is 5.91 Å². The maximum Gasteiger partial charge on any atom is 0.236 e. The summed E-state index contributed by atoms with van der Waals surface area (Å²) in [5, 5.41) is 7.30. The van der Waals surface area contributed by atoms with Gasteiger partial charge in [-0.2, -0.15) is 0 Å².